The molecule has 2 amide bonds. The molecule has 0 fully saturated rings. The summed E-state index contributed by atoms with van der Waals surface area (Å²) in [5, 5.41) is 13.8. The van der Waals surface area contributed by atoms with E-state index >= 15 is 0 Å². The molecule has 2 aromatic rings. The van der Waals surface area contributed by atoms with Gasteiger partial charge in [-0.2, -0.15) is 0 Å². The summed E-state index contributed by atoms with van der Waals surface area (Å²) in [5.41, 5.74) is 1.75. The molecular weight excluding hydrogens is 300 g/mol. The second-order valence-electron chi connectivity index (χ2n) is 5.05. The van der Waals surface area contributed by atoms with Gasteiger partial charge in [0.2, 0.25) is 0 Å². The Morgan fingerprint density at radius 1 is 1.35 bits per heavy atom. The minimum Gasteiger partial charge on any atom is -0.497 e. The molecule has 124 valence electrons. The Balaban J connectivity index is 1.90. The molecule has 2 rings (SSSR count). The second-order valence-corrected chi connectivity index (χ2v) is 5.05. The summed E-state index contributed by atoms with van der Waals surface area (Å²) in [4.78, 5) is 26.5. The Morgan fingerprint density at radius 2 is 2.13 bits per heavy atom. The molecule has 1 aromatic heterocycles. The van der Waals surface area contributed by atoms with Crippen molar-refractivity contribution in [1.82, 2.24) is 20.2 Å². The lowest BCUT2D eigenvalue weighted by Gasteiger charge is -2.07. The molecule has 0 radical (unpaired) electrons. The largest absolute Gasteiger partial charge is 0.497 e. The van der Waals surface area contributed by atoms with Gasteiger partial charge in [0.05, 0.1) is 24.7 Å². The number of rotatable bonds is 7. The third-order valence-electron chi connectivity index (χ3n) is 3.44. The lowest BCUT2D eigenvalue weighted by molar-refractivity contribution is -0.137. The van der Waals surface area contributed by atoms with E-state index in [9.17, 15) is 9.59 Å². The van der Waals surface area contributed by atoms with Gasteiger partial charge in [0.1, 0.15) is 11.6 Å². The molecule has 1 aromatic carbocycles. The van der Waals surface area contributed by atoms with Crippen molar-refractivity contribution in [1.29, 1.82) is 0 Å². The number of fused-ring (bicyclic) bond motifs is 1. The predicted octanol–water partition coefficient (Wildman–Crippen LogP) is 1.25. The van der Waals surface area contributed by atoms with Crippen LogP contribution in [0.1, 0.15) is 18.7 Å². The normalized spacial score (nSPS) is 10.5. The number of hydrogen-bond donors (Lipinski definition) is 3. The van der Waals surface area contributed by atoms with Crippen molar-refractivity contribution in [3.63, 3.8) is 0 Å². The van der Waals surface area contributed by atoms with E-state index in [1.165, 1.54) is 0 Å². The number of carboxylic acids is 1. The molecule has 1 heterocycles. The summed E-state index contributed by atoms with van der Waals surface area (Å²) in [6.45, 7) is 0.593. The number of amides is 2. The summed E-state index contributed by atoms with van der Waals surface area (Å²) in [7, 11) is 3.48. The number of carbonyl (C=O) groups is 2. The number of hydrogen-bond acceptors (Lipinski definition) is 4. The third kappa shape index (κ3) is 4.35. The van der Waals surface area contributed by atoms with Crippen molar-refractivity contribution >= 4 is 23.0 Å². The second kappa shape index (κ2) is 7.48. The number of urea groups is 1. The van der Waals surface area contributed by atoms with E-state index in [1.807, 2.05) is 29.8 Å². The van der Waals surface area contributed by atoms with Crippen LogP contribution >= 0.6 is 0 Å². The zero-order chi connectivity index (χ0) is 16.8. The molecule has 0 bridgehead atoms. The molecule has 3 N–H and O–H groups in total. The Kier molecular flexibility index (Phi) is 5.40. The van der Waals surface area contributed by atoms with Crippen molar-refractivity contribution in [3.8, 4) is 5.75 Å². The molecular formula is C15H20N4O4. The van der Waals surface area contributed by atoms with Crippen LogP contribution in [0.25, 0.3) is 11.0 Å². The van der Waals surface area contributed by atoms with Gasteiger partial charge in [-0.15, -0.1) is 0 Å². The van der Waals surface area contributed by atoms with Crippen molar-refractivity contribution in [2.75, 3.05) is 13.7 Å². The number of aryl methyl sites for hydroxylation is 1. The Labute approximate surface area is 133 Å². The molecule has 0 unspecified atom stereocenters. The maximum Gasteiger partial charge on any atom is 0.315 e. The zero-order valence-corrected chi connectivity index (χ0v) is 13.1. The lowest BCUT2D eigenvalue weighted by Crippen LogP contribution is -2.36. The van der Waals surface area contributed by atoms with E-state index in [-0.39, 0.29) is 19.0 Å². The van der Waals surface area contributed by atoms with Gasteiger partial charge in [-0.3, -0.25) is 4.79 Å². The molecule has 0 atom stereocenters. The van der Waals surface area contributed by atoms with E-state index < -0.39 is 5.97 Å². The van der Waals surface area contributed by atoms with E-state index in [1.54, 1.807) is 7.11 Å². The number of carboxylic acid groups (broad SMARTS) is 1. The quantitative estimate of drug-likeness (QED) is 0.666. The minimum absolute atomic E-state index is 0.0346. The van der Waals surface area contributed by atoms with Gasteiger partial charge in [-0.25, -0.2) is 9.78 Å². The van der Waals surface area contributed by atoms with Gasteiger partial charge in [-0.1, -0.05) is 0 Å². The maximum absolute atomic E-state index is 11.7. The van der Waals surface area contributed by atoms with Crippen LogP contribution in [0.5, 0.6) is 5.75 Å². The van der Waals surface area contributed by atoms with Crippen LogP contribution in [0.2, 0.25) is 0 Å². The van der Waals surface area contributed by atoms with Crippen LogP contribution in [0.3, 0.4) is 0 Å². The Hall–Kier alpha value is -2.77. The van der Waals surface area contributed by atoms with Crippen molar-refractivity contribution in [3.05, 3.63) is 24.0 Å². The average Bonchev–Trinajstić information content (AvgIpc) is 2.85. The summed E-state index contributed by atoms with van der Waals surface area (Å²) < 4.78 is 7.07. The number of carbonyl (C=O) groups excluding carboxylic acids is 1. The standard InChI is InChI=1S/C15H20N4O4/c1-19-12-6-5-10(23-2)8-11(12)18-13(19)9-17-15(22)16-7-3-4-14(20)21/h5-6,8H,3-4,7,9H2,1-2H3,(H,20,21)(H2,16,17,22). The highest BCUT2D eigenvalue weighted by Crippen LogP contribution is 2.20. The highest BCUT2D eigenvalue weighted by molar-refractivity contribution is 5.78. The highest BCUT2D eigenvalue weighted by Gasteiger charge is 2.10. The summed E-state index contributed by atoms with van der Waals surface area (Å²) in [6, 6.07) is 5.26. The fraction of sp³-hybridized carbons (Fsp3) is 0.400. The maximum atomic E-state index is 11.7. The molecule has 0 aliphatic rings. The van der Waals surface area contributed by atoms with E-state index in [2.05, 4.69) is 15.6 Å². The predicted molar refractivity (Wildman–Crippen MR) is 84.4 cm³/mol. The molecule has 0 saturated carbocycles. The monoisotopic (exact) mass is 320 g/mol. The first-order valence-electron chi connectivity index (χ1n) is 7.24. The first kappa shape index (κ1) is 16.6. The van der Waals surface area contributed by atoms with Crippen LogP contribution < -0.4 is 15.4 Å². The van der Waals surface area contributed by atoms with Crippen molar-refractivity contribution in [2.45, 2.75) is 19.4 Å². The van der Waals surface area contributed by atoms with Crippen LogP contribution in [0.4, 0.5) is 4.79 Å². The first-order valence-corrected chi connectivity index (χ1v) is 7.24. The van der Waals surface area contributed by atoms with Gasteiger partial charge in [0, 0.05) is 26.1 Å². The van der Waals surface area contributed by atoms with Gasteiger partial charge in [0.25, 0.3) is 0 Å². The minimum atomic E-state index is -0.873. The SMILES string of the molecule is COc1ccc2c(c1)nc(CNC(=O)NCCCC(=O)O)n2C. The van der Waals surface area contributed by atoms with Gasteiger partial charge >= 0.3 is 12.0 Å². The number of imidazole rings is 1. The Morgan fingerprint density at radius 3 is 2.83 bits per heavy atom. The van der Waals surface area contributed by atoms with E-state index in [4.69, 9.17) is 9.84 Å². The van der Waals surface area contributed by atoms with Crippen LogP contribution in [-0.2, 0) is 18.4 Å². The van der Waals surface area contributed by atoms with Gasteiger partial charge in [-0.05, 0) is 18.6 Å². The summed E-state index contributed by atoms with van der Waals surface area (Å²) in [5.74, 6) is 0.572. The fourth-order valence-electron chi connectivity index (χ4n) is 2.18. The van der Waals surface area contributed by atoms with E-state index in [0.717, 1.165) is 16.8 Å². The molecule has 8 heteroatoms. The molecule has 0 aliphatic carbocycles. The summed E-state index contributed by atoms with van der Waals surface area (Å²) in [6.07, 6.45) is 0.432. The topological polar surface area (TPSA) is 105 Å². The first-order chi connectivity index (χ1) is 11.0. The lowest BCUT2D eigenvalue weighted by atomic mass is 10.3. The smallest absolute Gasteiger partial charge is 0.315 e. The van der Waals surface area contributed by atoms with Crippen LogP contribution in [0.15, 0.2) is 18.2 Å². The number of aromatic nitrogens is 2. The molecule has 23 heavy (non-hydrogen) atoms. The third-order valence-corrected chi connectivity index (χ3v) is 3.44. The average molecular weight is 320 g/mol. The van der Waals surface area contributed by atoms with Crippen LogP contribution in [-0.4, -0.2) is 40.3 Å². The number of benzene rings is 1. The zero-order valence-electron chi connectivity index (χ0n) is 13.1. The van der Waals surface area contributed by atoms with Crippen LogP contribution in [0, 0.1) is 0 Å². The number of nitrogens with zero attached hydrogens (tertiary/aromatic N) is 2. The number of nitrogens with one attached hydrogen (secondary N) is 2. The van der Waals surface area contributed by atoms with E-state index in [0.29, 0.717) is 18.8 Å². The molecule has 0 spiro atoms. The number of ether oxygens (including phenoxy) is 1. The fourth-order valence-corrected chi connectivity index (χ4v) is 2.18. The molecule has 0 aliphatic heterocycles. The number of methoxy groups -OCH3 is 1. The highest BCUT2D eigenvalue weighted by atomic mass is 16.5. The van der Waals surface area contributed by atoms with Gasteiger partial charge < -0.3 is 25.0 Å². The summed E-state index contributed by atoms with van der Waals surface area (Å²) >= 11 is 0. The molecule has 8 nitrogen and oxygen atoms in total. The van der Waals surface area contributed by atoms with Crippen molar-refractivity contribution < 1.29 is 19.4 Å². The molecule has 0 saturated heterocycles. The van der Waals surface area contributed by atoms with Crippen molar-refractivity contribution in [2.24, 2.45) is 7.05 Å². The van der Waals surface area contributed by atoms with Gasteiger partial charge in [0.15, 0.2) is 0 Å². The Bertz CT molecular complexity index is 711. The number of aliphatic carboxylic acids is 1.